The fraction of sp³-hybridized carbons (Fsp3) is 0.533. The third kappa shape index (κ3) is 5.90. The average Bonchev–Trinajstić information content (AvgIpc) is 2.43. The summed E-state index contributed by atoms with van der Waals surface area (Å²) >= 11 is 0. The Balaban J connectivity index is 0.00000200. The van der Waals surface area contributed by atoms with Gasteiger partial charge < -0.3 is 10.6 Å². The molecule has 1 aromatic carbocycles. The van der Waals surface area contributed by atoms with Crippen molar-refractivity contribution in [3.63, 3.8) is 0 Å². The fourth-order valence-electron chi connectivity index (χ4n) is 2.24. The van der Waals surface area contributed by atoms with Gasteiger partial charge in [-0.15, -0.1) is 12.4 Å². The van der Waals surface area contributed by atoms with Crippen LogP contribution in [0.3, 0.4) is 0 Å². The molecule has 112 valence electrons. The predicted molar refractivity (Wildman–Crippen MR) is 84.5 cm³/mol. The Bertz CT molecular complexity index is 402. The van der Waals surface area contributed by atoms with E-state index in [2.05, 4.69) is 22.5 Å². The highest BCUT2D eigenvalue weighted by atomic mass is 35.5. The van der Waals surface area contributed by atoms with Crippen LogP contribution in [0.4, 0.5) is 0 Å². The molecule has 0 aromatic heterocycles. The van der Waals surface area contributed by atoms with E-state index in [0.717, 1.165) is 44.8 Å². The summed E-state index contributed by atoms with van der Waals surface area (Å²) in [5, 5.41) is 6.31. The lowest BCUT2D eigenvalue weighted by Gasteiger charge is -2.27. The maximum atomic E-state index is 11.8. The summed E-state index contributed by atoms with van der Waals surface area (Å²) in [5.41, 5.74) is 2.30. The quantitative estimate of drug-likeness (QED) is 0.852. The molecular weight excluding hydrogens is 274 g/mol. The van der Waals surface area contributed by atoms with Gasteiger partial charge in [0.1, 0.15) is 0 Å². The Morgan fingerprint density at radius 3 is 2.55 bits per heavy atom. The lowest BCUT2D eigenvalue weighted by molar-refractivity contribution is -0.120. The number of carbonyl (C=O) groups excluding carboxylic acids is 1. The summed E-state index contributed by atoms with van der Waals surface area (Å²) in [6, 6.07) is 8.13. The zero-order valence-electron chi connectivity index (χ0n) is 12.0. The number of halogens is 1. The lowest BCUT2D eigenvalue weighted by atomic mass is 10.1. The molecule has 4 nitrogen and oxygen atoms in total. The van der Waals surface area contributed by atoms with E-state index in [1.54, 1.807) is 0 Å². The molecular formula is C15H24ClN3O. The topological polar surface area (TPSA) is 44.4 Å². The van der Waals surface area contributed by atoms with Crippen LogP contribution in [0.25, 0.3) is 0 Å². The average molecular weight is 298 g/mol. The minimum Gasteiger partial charge on any atom is -0.355 e. The second-order valence-corrected chi connectivity index (χ2v) is 5.10. The van der Waals surface area contributed by atoms with Gasteiger partial charge in [0.05, 0.1) is 6.42 Å². The van der Waals surface area contributed by atoms with E-state index in [-0.39, 0.29) is 18.3 Å². The number of rotatable bonds is 5. The second-order valence-electron chi connectivity index (χ2n) is 5.10. The first-order chi connectivity index (χ1) is 9.24. The smallest absolute Gasteiger partial charge is 0.224 e. The second kappa shape index (κ2) is 8.95. The summed E-state index contributed by atoms with van der Waals surface area (Å²) in [7, 11) is 0. The van der Waals surface area contributed by atoms with Crippen molar-refractivity contribution >= 4 is 18.3 Å². The summed E-state index contributed by atoms with van der Waals surface area (Å²) < 4.78 is 0. The van der Waals surface area contributed by atoms with E-state index in [4.69, 9.17) is 0 Å². The van der Waals surface area contributed by atoms with Crippen molar-refractivity contribution in [3.8, 4) is 0 Å². The van der Waals surface area contributed by atoms with Crippen molar-refractivity contribution in [3.05, 3.63) is 35.4 Å². The van der Waals surface area contributed by atoms with Crippen LogP contribution < -0.4 is 10.6 Å². The van der Waals surface area contributed by atoms with Crippen molar-refractivity contribution in [2.45, 2.75) is 13.3 Å². The Morgan fingerprint density at radius 2 is 1.90 bits per heavy atom. The first kappa shape index (κ1) is 17.0. The number of nitrogens with one attached hydrogen (secondary N) is 2. The molecule has 1 aliphatic rings. The largest absolute Gasteiger partial charge is 0.355 e. The third-order valence-corrected chi connectivity index (χ3v) is 3.45. The van der Waals surface area contributed by atoms with Crippen LogP contribution in [0.15, 0.2) is 24.3 Å². The molecule has 1 aliphatic heterocycles. The predicted octanol–water partition coefficient (Wildman–Crippen LogP) is 0.981. The number of carbonyl (C=O) groups is 1. The SMILES string of the molecule is Cc1ccc(CC(=O)NCCN2CCNCC2)cc1.Cl. The van der Waals surface area contributed by atoms with Crippen LogP contribution in [0.5, 0.6) is 0 Å². The van der Waals surface area contributed by atoms with Crippen molar-refractivity contribution in [2.75, 3.05) is 39.3 Å². The molecule has 0 spiro atoms. The van der Waals surface area contributed by atoms with Gasteiger partial charge in [-0.2, -0.15) is 0 Å². The molecule has 5 heteroatoms. The highest BCUT2D eigenvalue weighted by molar-refractivity contribution is 5.85. The molecule has 0 bridgehead atoms. The van der Waals surface area contributed by atoms with E-state index >= 15 is 0 Å². The van der Waals surface area contributed by atoms with Gasteiger partial charge in [0.15, 0.2) is 0 Å². The van der Waals surface area contributed by atoms with E-state index in [1.807, 2.05) is 24.3 Å². The molecule has 0 saturated carbocycles. The number of amides is 1. The normalized spacial score (nSPS) is 15.4. The van der Waals surface area contributed by atoms with Gasteiger partial charge in [-0.05, 0) is 12.5 Å². The minimum absolute atomic E-state index is 0. The maximum Gasteiger partial charge on any atom is 0.224 e. The number of hydrogen-bond donors (Lipinski definition) is 2. The molecule has 2 N–H and O–H groups in total. The maximum absolute atomic E-state index is 11.8. The molecule has 1 fully saturated rings. The molecule has 0 radical (unpaired) electrons. The molecule has 1 amide bonds. The van der Waals surface area contributed by atoms with E-state index in [0.29, 0.717) is 6.42 Å². The standard InChI is InChI=1S/C15H23N3O.ClH/c1-13-2-4-14(5-3-13)12-15(19)17-8-11-18-9-6-16-7-10-18;/h2-5,16H,6-12H2,1H3,(H,17,19);1H. The van der Waals surface area contributed by atoms with Crippen LogP contribution in [-0.2, 0) is 11.2 Å². The van der Waals surface area contributed by atoms with Crippen LogP contribution in [0.1, 0.15) is 11.1 Å². The van der Waals surface area contributed by atoms with Crippen LogP contribution in [0.2, 0.25) is 0 Å². The first-order valence-electron chi connectivity index (χ1n) is 6.99. The van der Waals surface area contributed by atoms with E-state index in [1.165, 1.54) is 5.56 Å². The van der Waals surface area contributed by atoms with Crippen LogP contribution >= 0.6 is 12.4 Å². The fourth-order valence-corrected chi connectivity index (χ4v) is 2.24. The van der Waals surface area contributed by atoms with E-state index in [9.17, 15) is 4.79 Å². The summed E-state index contributed by atoms with van der Waals surface area (Å²) in [6.45, 7) is 8.00. The molecule has 0 unspecified atom stereocenters. The lowest BCUT2D eigenvalue weighted by Crippen LogP contribution is -2.46. The number of piperazine rings is 1. The van der Waals surface area contributed by atoms with Gasteiger partial charge in [0, 0.05) is 39.3 Å². The first-order valence-corrected chi connectivity index (χ1v) is 6.99. The molecule has 0 atom stereocenters. The Hall–Kier alpha value is -1.10. The van der Waals surface area contributed by atoms with Crippen molar-refractivity contribution in [1.29, 1.82) is 0 Å². The van der Waals surface area contributed by atoms with Gasteiger partial charge in [0.25, 0.3) is 0 Å². The Morgan fingerprint density at radius 1 is 1.25 bits per heavy atom. The zero-order chi connectivity index (χ0) is 13.5. The number of nitrogens with zero attached hydrogens (tertiary/aromatic N) is 1. The van der Waals surface area contributed by atoms with Crippen LogP contribution in [-0.4, -0.2) is 50.1 Å². The van der Waals surface area contributed by atoms with E-state index < -0.39 is 0 Å². The number of aryl methyl sites for hydroxylation is 1. The number of hydrogen-bond acceptors (Lipinski definition) is 3. The molecule has 2 rings (SSSR count). The Kier molecular flexibility index (Phi) is 7.59. The third-order valence-electron chi connectivity index (χ3n) is 3.45. The highest BCUT2D eigenvalue weighted by Gasteiger charge is 2.09. The van der Waals surface area contributed by atoms with Crippen molar-refractivity contribution in [2.24, 2.45) is 0 Å². The van der Waals surface area contributed by atoms with Crippen molar-refractivity contribution < 1.29 is 4.79 Å². The van der Waals surface area contributed by atoms with Crippen molar-refractivity contribution in [1.82, 2.24) is 15.5 Å². The van der Waals surface area contributed by atoms with Gasteiger partial charge >= 0.3 is 0 Å². The number of benzene rings is 1. The minimum atomic E-state index is 0. The van der Waals surface area contributed by atoms with Gasteiger partial charge in [-0.1, -0.05) is 29.8 Å². The Labute approximate surface area is 127 Å². The van der Waals surface area contributed by atoms with Gasteiger partial charge in [0.2, 0.25) is 5.91 Å². The monoisotopic (exact) mass is 297 g/mol. The van der Waals surface area contributed by atoms with Crippen LogP contribution in [0, 0.1) is 6.92 Å². The molecule has 1 heterocycles. The molecule has 1 aromatic rings. The molecule has 1 saturated heterocycles. The summed E-state index contributed by atoms with van der Waals surface area (Å²) in [4.78, 5) is 14.2. The molecule has 0 aliphatic carbocycles. The zero-order valence-corrected chi connectivity index (χ0v) is 12.8. The molecule has 20 heavy (non-hydrogen) atoms. The summed E-state index contributed by atoms with van der Waals surface area (Å²) in [6.07, 6.45) is 0.474. The summed E-state index contributed by atoms with van der Waals surface area (Å²) in [5.74, 6) is 0.110. The highest BCUT2D eigenvalue weighted by Crippen LogP contribution is 2.03. The van der Waals surface area contributed by atoms with Gasteiger partial charge in [-0.25, -0.2) is 0 Å². The van der Waals surface area contributed by atoms with Gasteiger partial charge in [-0.3, -0.25) is 9.69 Å².